The highest BCUT2D eigenvalue weighted by Crippen LogP contribution is 2.09. The first-order valence-electron chi connectivity index (χ1n) is 5.71. The Balaban J connectivity index is 4.29. The molecular weight excluding hydrogens is 190 g/mol. The summed E-state index contributed by atoms with van der Waals surface area (Å²) in [7, 11) is 0. The molecule has 0 aliphatic rings. The predicted octanol–water partition coefficient (Wildman–Crippen LogP) is 2.35. The first-order valence-corrected chi connectivity index (χ1v) is 5.71. The minimum Gasteiger partial charge on any atom is -0.368 e. The number of carbonyl (C=O) groups is 1. The summed E-state index contributed by atoms with van der Waals surface area (Å²) in [6, 6.07) is 0. The third kappa shape index (κ3) is 6.50. The van der Waals surface area contributed by atoms with Crippen molar-refractivity contribution < 1.29 is 9.53 Å². The van der Waals surface area contributed by atoms with Gasteiger partial charge in [-0.05, 0) is 33.1 Å². The van der Waals surface area contributed by atoms with Gasteiger partial charge in [0.15, 0.2) is 0 Å². The van der Waals surface area contributed by atoms with Gasteiger partial charge < -0.3 is 10.1 Å². The molecule has 0 rings (SSSR count). The molecule has 3 nitrogen and oxygen atoms in total. The van der Waals surface area contributed by atoms with Gasteiger partial charge in [-0.2, -0.15) is 0 Å². The Morgan fingerprint density at radius 3 is 2.20 bits per heavy atom. The van der Waals surface area contributed by atoms with Gasteiger partial charge in [0.2, 0.25) is 5.91 Å². The van der Waals surface area contributed by atoms with E-state index >= 15 is 0 Å². The van der Waals surface area contributed by atoms with Crippen molar-refractivity contribution in [2.45, 2.75) is 59.6 Å². The maximum atomic E-state index is 11.9. The van der Waals surface area contributed by atoms with Crippen molar-refractivity contribution in [1.29, 1.82) is 0 Å². The van der Waals surface area contributed by atoms with Gasteiger partial charge in [0.05, 0.1) is 0 Å². The summed E-state index contributed by atoms with van der Waals surface area (Å²) >= 11 is 0. The van der Waals surface area contributed by atoms with E-state index in [9.17, 15) is 4.79 Å². The van der Waals surface area contributed by atoms with Crippen LogP contribution in [-0.4, -0.2) is 24.2 Å². The van der Waals surface area contributed by atoms with Gasteiger partial charge in [-0.3, -0.25) is 4.79 Å². The Kier molecular flexibility index (Phi) is 5.88. The third-order valence-corrected chi connectivity index (χ3v) is 1.86. The molecule has 0 aliphatic carbocycles. The van der Waals surface area contributed by atoms with Crippen LogP contribution in [0, 0.1) is 5.92 Å². The molecule has 0 fully saturated rings. The fourth-order valence-corrected chi connectivity index (χ4v) is 1.26. The number of rotatable bonds is 5. The Morgan fingerprint density at radius 1 is 1.33 bits per heavy atom. The lowest BCUT2D eigenvalue weighted by molar-refractivity contribution is -0.137. The maximum absolute atomic E-state index is 11.9. The van der Waals surface area contributed by atoms with E-state index in [0.29, 0.717) is 6.61 Å². The number of carbonyl (C=O) groups excluding carboxylic acids is 1. The van der Waals surface area contributed by atoms with E-state index < -0.39 is 0 Å². The van der Waals surface area contributed by atoms with Crippen LogP contribution in [0.3, 0.4) is 0 Å². The van der Waals surface area contributed by atoms with Gasteiger partial charge in [0, 0.05) is 12.1 Å². The Morgan fingerprint density at radius 2 is 1.87 bits per heavy atom. The van der Waals surface area contributed by atoms with Gasteiger partial charge in [-0.25, -0.2) is 0 Å². The van der Waals surface area contributed by atoms with E-state index in [-0.39, 0.29) is 23.5 Å². The molecule has 0 heterocycles. The van der Waals surface area contributed by atoms with Crippen molar-refractivity contribution in [3.05, 3.63) is 0 Å². The Bertz CT molecular complexity index is 194. The highest BCUT2D eigenvalue weighted by molar-refractivity contribution is 5.81. The van der Waals surface area contributed by atoms with Crippen LogP contribution in [0.15, 0.2) is 0 Å². The molecule has 1 atom stereocenters. The van der Waals surface area contributed by atoms with Crippen molar-refractivity contribution in [2.75, 3.05) is 6.61 Å². The lowest BCUT2D eigenvalue weighted by Gasteiger charge is -2.26. The highest BCUT2D eigenvalue weighted by atomic mass is 16.5. The topological polar surface area (TPSA) is 38.3 Å². The van der Waals surface area contributed by atoms with Crippen LogP contribution in [0.2, 0.25) is 0 Å². The number of hydrogen-bond donors (Lipinski definition) is 1. The molecule has 15 heavy (non-hydrogen) atoms. The van der Waals surface area contributed by atoms with Crippen molar-refractivity contribution in [3.8, 4) is 0 Å². The average Bonchev–Trinajstić information content (AvgIpc) is 2.00. The van der Waals surface area contributed by atoms with E-state index in [1.165, 1.54) is 0 Å². The SMILES string of the molecule is CCCOC(C(=O)NC(C)(C)C)C(C)C. The molecule has 0 aromatic heterocycles. The normalized spacial score (nSPS) is 14.1. The molecule has 0 aliphatic heterocycles. The number of nitrogens with one attached hydrogen (secondary N) is 1. The van der Waals surface area contributed by atoms with Crippen LogP contribution >= 0.6 is 0 Å². The first-order chi connectivity index (χ1) is 6.78. The van der Waals surface area contributed by atoms with Crippen molar-refractivity contribution in [3.63, 3.8) is 0 Å². The number of hydrogen-bond acceptors (Lipinski definition) is 2. The first kappa shape index (κ1) is 14.4. The molecule has 0 aromatic rings. The highest BCUT2D eigenvalue weighted by Gasteiger charge is 2.25. The summed E-state index contributed by atoms with van der Waals surface area (Å²) < 4.78 is 5.55. The van der Waals surface area contributed by atoms with E-state index in [2.05, 4.69) is 5.32 Å². The van der Waals surface area contributed by atoms with Gasteiger partial charge in [-0.1, -0.05) is 20.8 Å². The van der Waals surface area contributed by atoms with Crippen LogP contribution in [0.4, 0.5) is 0 Å². The lowest BCUT2D eigenvalue weighted by atomic mass is 10.0. The monoisotopic (exact) mass is 215 g/mol. The molecule has 0 bridgehead atoms. The summed E-state index contributed by atoms with van der Waals surface area (Å²) in [5.74, 6) is 0.199. The molecule has 90 valence electrons. The quantitative estimate of drug-likeness (QED) is 0.764. The van der Waals surface area contributed by atoms with Gasteiger partial charge in [0.1, 0.15) is 6.10 Å². The van der Waals surface area contributed by atoms with Crippen LogP contribution in [-0.2, 0) is 9.53 Å². The molecule has 0 saturated carbocycles. The van der Waals surface area contributed by atoms with Gasteiger partial charge in [-0.15, -0.1) is 0 Å². The zero-order valence-corrected chi connectivity index (χ0v) is 10.9. The number of ether oxygens (including phenoxy) is 1. The molecule has 0 aromatic carbocycles. The molecule has 0 saturated heterocycles. The summed E-state index contributed by atoms with van der Waals surface area (Å²) in [4.78, 5) is 11.9. The molecule has 3 heteroatoms. The predicted molar refractivity (Wildman–Crippen MR) is 62.8 cm³/mol. The maximum Gasteiger partial charge on any atom is 0.249 e. The minimum atomic E-state index is -0.329. The summed E-state index contributed by atoms with van der Waals surface area (Å²) in [6.45, 7) is 12.6. The number of amides is 1. The lowest BCUT2D eigenvalue weighted by Crippen LogP contribution is -2.48. The second-order valence-corrected chi connectivity index (χ2v) is 5.27. The second kappa shape index (κ2) is 6.11. The summed E-state index contributed by atoms with van der Waals surface area (Å²) in [5.41, 5.74) is -0.195. The molecule has 1 unspecified atom stereocenters. The zero-order chi connectivity index (χ0) is 12.1. The van der Waals surface area contributed by atoms with Crippen molar-refractivity contribution in [1.82, 2.24) is 5.32 Å². The smallest absolute Gasteiger partial charge is 0.249 e. The van der Waals surface area contributed by atoms with Crippen LogP contribution < -0.4 is 5.32 Å². The van der Waals surface area contributed by atoms with E-state index in [0.717, 1.165) is 6.42 Å². The molecule has 1 amide bonds. The van der Waals surface area contributed by atoms with E-state index in [4.69, 9.17) is 4.74 Å². The standard InChI is InChI=1S/C12H25NO2/c1-7-8-15-10(9(2)3)11(14)13-12(4,5)6/h9-10H,7-8H2,1-6H3,(H,13,14). The largest absolute Gasteiger partial charge is 0.368 e. The van der Waals surface area contributed by atoms with Crippen molar-refractivity contribution in [2.24, 2.45) is 5.92 Å². The van der Waals surface area contributed by atoms with Crippen LogP contribution in [0.1, 0.15) is 48.0 Å². The summed E-state index contributed by atoms with van der Waals surface area (Å²) in [6.07, 6.45) is 0.607. The van der Waals surface area contributed by atoms with E-state index in [1.54, 1.807) is 0 Å². The van der Waals surface area contributed by atoms with Crippen LogP contribution in [0.5, 0.6) is 0 Å². The zero-order valence-electron chi connectivity index (χ0n) is 10.9. The summed E-state index contributed by atoms with van der Waals surface area (Å²) in [5, 5.41) is 2.95. The van der Waals surface area contributed by atoms with Crippen molar-refractivity contribution >= 4 is 5.91 Å². The Labute approximate surface area is 93.6 Å². The van der Waals surface area contributed by atoms with Crippen LogP contribution in [0.25, 0.3) is 0 Å². The third-order valence-electron chi connectivity index (χ3n) is 1.86. The Hall–Kier alpha value is -0.570. The molecule has 0 radical (unpaired) electrons. The molecular formula is C12H25NO2. The molecule has 0 spiro atoms. The van der Waals surface area contributed by atoms with Gasteiger partial charge in [0.25, 0.3) is 0 Å². The van der Waals surface area contributed by atoms with E-state index in [1.807, 2.05) is 41.5 Å². The fraction of sp³-hybridized carbons (Fsp3) is 0.917. The molecule has 1 N–H and O–H groups in total. The average molecular weight is 215 g/mol. The second-order valence-electron chi connectivity index (χ2n) is 5.27. The fourth-order valence-electron chi connectivity index (χ4n) is 1.26. The van der Waals surface area contributed by atoms with Gasteiger partial charge >= 0.3 is 0 Å². The minimum absolute atomic E-state index is 0.00838.